The van der Waals surface area contributed by atoms with Crippen LogP contribution in [0.25, 0.3) is 0 Å². The fourth-order valence-electron chi connectivity index (χ4n) is 3.65. The fourth-order valence-corrected chi connectivity index (χ4v) is 3.65. The number of hydrogen-bond donors (Lipinski definition) is 1. The average Bonchev–Trinajstić information content (AvgIpc) is 2.68. The Bertz CT molecular complexity index is 811. The van der Waals surface area contributed by atoms with E-state index in [0.717, 1.165) is 43.2 Å². The molecule has 0 aliphatic carbocycles. The van der Waals surface area contributed by atoms with Crippen LogP contribution in [0.4, 0.5) is 5.69 Å². The van der Waals surface area contributed by atoms with Gasteiger partial charge in [0.05, 0.1) is 18.1 Å². The van der Waals surface area contributed by atoms with Crippen LogP contribution in [0.2, 0.25) is 0 Å². The molecule has 4 rings (SSSR count). The number of anilines is 1. The highest BCUT2D eigenvalue weighted by molar-refractivity contribution is 6.01. The number of hydrogen-bond acceptors (Lipinski definition) is 5. The number of nitrogens with zero attached hydrogens (tertiary/aromatic N) is 1. The molecule has 27 heavy (non-hydrogen) atoms. The molecule has 1 unspecified atom stereocenters. The van der Waals surface area contributed by atoms with Crippen LogP contribution in [0.1, 0.15) is 42.3 Å². The highest BCUT2D eigenvalue weighted by atomic mass is 16.5. The Labute approximate surface area is 160 Å². The molecule has 0 aromatic heterocycles. The summed E-state index contributed by atoms with van der Waals surface area (Å²) in [6, 6.07) is 13.8. The van der Waals surface area contributed by atoms with Gasteiger partial charge in [0.1, 0.15) is 17.6 Å². The summed E-state index contributed by atoms with van der Waals surface area (Å²) in [4.78, 5) is 15.1. The topological polar surface area (TPSA) is 50.8 Å². The first-order valence-corrected chi connectivity index (χ1v) is 9.66. The molecule has 2 aromatic rings. The first-order valence-electron chi connectivity index (χ1n) is 9.66. The molecule has 1 atom stereocenters. The summed E-state index contributed by atoms with van der Waals surface area (Å²) in [6.07, 6.45) is 0.255. The predicted molar refractivity (Wildman–Crippen MR) is 106 cm³/mol. The molecular formula is C22H26N2O3. The molecular weight excluding hydrogens is 340 g/mol. The molecule has 0 amide bonds. The van der Waals surface area contributed by atoms with Gasteiger partial charge >= 0.3 is 0 Å². The fraction of sp³-hybridized carbons (Fsp3) is 0.409. The summed E-state index contributed by atoms with van der Waals surface area (Å²) < 4.78 is 11.8. The molecule has 2 aromatic carbocycles. The Morgan fingerprint density at radius 2 is 1.85 bits per heavy atom. The second-order valence-electron chi connectivity index (χ2n) is 7.39. The zero-order valence-corrected chi connectivity index (χ0v) is 15.9. The SMILES string of the molecule is CC(C)Oc1ccc(C2CC(=O)c3cc(N4CCNCC4)ccc3O2)cc1. The molecule has 142 valence electrons. The van der Waals surface area contributed by atoms with Crippen molar-refractivity contribution in [3.8, 4) is 11.5 Å². The van der Waals surface area contributed by atoms with Crippen LogP contribution in [0.3, 0.4) is 0 Å². The summed E-state index contributed by atoms with van der Waals surface area (Å²) in [5, 5.41) is 3.35. The maximum absolute atomic E-state index is 12.8. The summed E-state index contributed by atoms with van der Waals surface area (Å²) in [5.74, 6) is 1.65. The number of carbonyl (C=O) groups is 1. The molecule has 0 bridgehead atoms. The highest BCUT2D eigenvalue weighted by Crippen LogP contribution is 2.37. The average molecular weight is 366 g/mol. The number of rotatable bonds is 4. The lowest BCUT2D eigenvalue weighted by Crippen LogP contribution is -2.43. The normalized spacial score (nSPS) is 19.6. The van der Waals surface area contributed by atoms with E-state index in [0.29, 0.717) is 17.7 Å². The zero-order valence-electron chi connectivity index (χ0n) is 15.9. The van der Waals surface area contributed by atoms with Gasteiger partial charge in [-0.3, -0.25) is 4.79 Å². The maximum atomic E-state index is 12.8. The number of benzene rings is 2. The minimum atomic E-state index is -0.247. The molecule has 2 heterocycles. The van der Waals surface area contributed by atoms with Crippen molar-refractivity contribution in [2.75, 3.05) is 31.1 Å². The van der Waals surface area contributed by atoms with E-state index >= 15 is 0 Å². The van der Waals surface area contributed by atoms with Crippen molar-refractivity contribution in [2.24, 2.45) is 0 Å². The van der Waals surface area contributed by atoms with E-state index in [1.807, 2.05) is 50.2 Å². The number of ketones is 1. The Morgan fingerprint density at radius 1 is 1.11 bits per heavy atom. The molecule has 5 heteroatoms. The first kappa shape index (κ1) is 17.9. The van der Waals surface area contributed by atoms with E-state index < -0.39 is 0 Å². The third-order valence-electron chi connectivity index (χ3n) is 5.01. The largest absolute Gasteiger partial charge is 0.491 e. The minimum absolute atomic E-state index is 0.139. The monoisotopic (exact) mass is 366 g/mol. The van der Waals surface area contributed by atoms with Crippen molar-refractivity contribution in [3.05, 3.63) is 53.6 Å². The van der Waals surface area contributed by atoms with E-state index in [4.69, 9.17) is 9.47 Å². The van der Waals surface area contributed by atoms with Crippen molar-refractivity contribution in [1.29, 1.82) is 0 Å². The van der Waals surface area contributed by atoms with Gasteiger partial charge in [0.25, 0.3) is 0 Å². The van der Waals surface area contributed by atoms with Crippen LogP contribution in [0, 0.1) is 0 Å². The quantitative estimate of drug-likeness (QED) is 0.896. The van der Waals surface area contributed by atoms with Gasteiger partial charge in [-0.15, -0.1) is 0 Å². The van der Waals surface area contributed by atoms with Crippen molar-refractivity contribution in [1.82, 2.24) is 5.32 Å². The van der Waals surface area contributed by atoms with Gasteiger partial charge in [-0.1, -0.05) is 12.1 Å². The Hall–Kier alpha value is -2.53. The molecule has 1 N–H and O–H groups in total. The van der Waals surface area contributed by atoms with E-state index in [2.05, 4.69) is 16.3 Å². The van der Waals surface area contributed by atoms with Gasteiger partial charge in [-0.05, 0) is 49.7 Å². The Balaban J connectivity index is 1.52. The molecule has 2 aliphatic heterocycles. The van der Waals surface area contributed by atoms with Crippen molar-refractivity contribution in [3.63, 3.8) is 0 Å². The molecule has 0 saturated carbocycles. The third kappa shape index (κ3) is 3.93. The van der Waals surface area contributed by atoms with Gasteiger partial charge < -0.3 is 19.7 Å². The van der Waals surface area contributed by atoms with Crippen molar-refractivity contribution < 1.29 is 14.3 Å². The van der Waals surface area contributed by atoms with Crippen molar-refractivity contribution >= 4 is 11.5 Å². The molecule has 1 saturated heterocycles. The van der Waals surface area contributed by atoms with Crippen molar-refractivity contribution in [2.45, 2.75) is 32.5 Å². The molecule has 2 aliphatic rings. The number of Topliss-reactive ketones (excluding diaryl/α,β-unsaturated/α-hetero) is 1. The van der Waals surface area contributed by atoms with Crippen LogP contribution in [0.5, 0.6) is 11.5 Å². The van der Waals surface area contributed by atoms with E-state index in [1.54, 1.807) is 0 Å². The molecule has 5 nitrogen and oxygen atoms in total. The number of piperazine rings is 1. The number of nitrogens with one attached hydrogen (secondary N) is 1. The smallest absolute Gasteiger partial charge is 0.170 e. The highest BCUT2D eigenvalue weighted by Gasteiger charge is 2.28. The lowest BCUT2D eigenvalue weighted by molar-refractivity contribution is 0.0850. The summed E-state index contributed by atoms with van der Waals surface area (Å²) in [5.41, 5.74) is 2.79. The van der Waals surface area contributed by atoms with E-state index in [1.165, 1.54) is 0 Å². The Kier molecular flexibility index (Phi) is 5.03. The van der Waals surface area contributed by atoms with Crippen LogP contribution in [0.15, 0.2) is 42.5 Å². The molecule has 0 radical (unpaired) electrons. The van der Waals surface area contributed by atoms with Gasteiger partial charge in [-0.2, -0.15) is 0 Å². The molecule has 0 spiro atoms. The first-order chi connectivity index (χ1) is 13.1. The zero-order chi connectivity index (χ0) is 18.8. The number of ether oxygens (including phenoxy) is 2. The second-order valence-corrected chi connectivity index (χ2v) is 7.39. The van der Waals surface area contributed by atoms with E-state index in [9.17, 15) is 4.79 Å². The van der Waals surface area contributed by atoms with Gasteiger partial charge in [0.15, 0.2) is 5.78 Å². The summed E-state index contributed by atoms with van der Waals surface area (Å²) >= 11 is 0. The molecule has 1 fully saturated rings. The van der Waals surface area contributed by atoms with Gasteiger partial charge in [0, 0.05) is 31.9 Å². The summed E-state index contributed by atoms with van der Waals surface area (Å²) in [7, 11) is 0. The minimum Gasteiger partial charge on any atom is -0.491 e. The maximum Gasteiger partial charge on any atom is 0.170 e. The van der Waals surface area contributed by atoms with Gasteiger partial charge in [0.2, 0.25) is 0 Å². The standard InChI is InChI=1S/C22H26N2O3/c1-15(2)26-18-6-3-16(4-7-18)22-14-20(25)19-13-17(5-8-21(19)27-22)24-11-9-23-10-12-24/h3-8,13,15,22-23H,9-12,14H2,1-2H3. The second kappa shape index (κ2) is 7.61. The number of fused-ring (bicyclic) bond motifs is 1. The lowest BCUT2D eigenvalue weighted by Gasteiger charge is -2.31. The number of carbonyl (C=O) groups excluding carboxylic acids is 1. The van der Waals surface area contributed by atoms with E-state index in [-0.39, 0.29) is 18.0 Å². The third-order valence-corrected chi connectivity index (χ3v) is 5.01. The van der Waals surface area contributed by atoms with Crippen LogP contribution in [-0.4, -0.2) is 38.1 Å². The van der Waals surface area contributed by atoms with Crippen LogP contribution < -0.4 is 19.7 Å². The predicted octanol–water partition coefficient (Wildman–Crippen LogP) is 3.59. The lowest BCUT2D eigenvalue weighted by atomic mass is 9.95. The van der Waals surface area contributed by atoms with Crippen LogP contribution >= 0.6 is 0 Å². The summed E-state index contributed by atoms with van der Waals surface area (Å²) in [6.45, 7) is 7.87. The van der Waals surface area contributed by atoms with Crippen LogP contribution in [-0.2, 0) is 0 Å². The Morgan fingerprint density at radius 3 is 2.56 bits per heavy atom. The van der Waals surface area contributed by atoms with Gasteiger partial charge in [-0.25, -0.2) is 0 Å².